The van der Waals surface area contributed by atoms with Crippen LogP contribution in [0.2, 0.25) is 0 Å². The Morgan fingerprint density at radius 3 is 1.82 bits per heavy atom. The van der Waals surface area contributed by atoms with E-state index in [0.717, 1.165) is 73.2 Å². The summed E-state index contributed by atoms with van der Waals surface area (Å²) >= 11 is 0. The average molecular weight is 473 g/mol. The minimum absolute atomic E-state index is 0.0748. The van der Waals surface area contributed by atoms with Crippen molar-refractivity contribution in [1.29, 1.82) is 0 Å². The lowest BCUT2D eigenvalue weighted by molar-refractivity contribution is 0.0507. The molecule has 1 aliphatic heterocycles. The van der Waals surface area contributed by atoms with E-state index in [1.165, 1.54) is 62.5 Å². The Morgan fingerprint density at radius 1 is 0.765 bits per heavy atom. The first-order valence-corrected chi connectivity index (χ1v) is 14.7. The van der Waals surface area contributed by atoms with Crippen molar-refractivity contribution in [2.24, 2.45) is 17.8 Å². The molecule has 2 heteroatoms. The van der Waals surface area contributed by atoms with Gasteiger partial charge < -0.3 is 9.84 Å². The molecule has 1 N–H and O–H groups in total. The van der Waals surface area contributed by atoms with E-state index in [4.69, 9.17) is 4.74 Å². The molecule has 3 unspecified atom stereocenters. The molecule has 0 radical (unpaired) electrons. The third-order valence-electron chi connectivity index (χ3n) is 8.44. The lowest BCUT2D eigenvalue weighted by Crippen LogP contribution is -2.37. The molecule has 0 amide bonds. The largest absolute Gasteiger partial charge is 0.507 e. The van der Waals surface area contributed by atoms with E-state index < -0.39 is 0 Å². The summed E-state index contributed by atoms with van der Waals surface area (Å²) in [5, 5.41) is 10.9. The summed E-state index contributed by atoms with van der Waals surface area (Å²) in [7, 11) is 0. The monoisotopic (exact) mass is 472 g/mol. The van der Waals surface area contributed by atoms with E-state index >= 15 is 0 Å². The molecule has 196 valence electrons. The standard InChI is InChI=1S/C32H56O2/c1-9-26-28(11-3)31-29(27(10-2)30(26)33)20-22-32(8,34-31)21-14-19-25(7)18-13-17-24(6)16-12-15-23(4)5/h23-25,33H,9-22H2,1-8H3. The minimum Gasteiger partial charge on any atom is -0.507 e. The molecular formula is C32H56O2. The maximum Gasteiger partial charge on any atom is 0.127 e. The summed E-state index contributed by atoms with van der Waals surface area (Å²) in [5.41, 5.74) is 4.68. The molecule has 0 spiro atoms. The predicted molar refractivity (Wildman–Crippen MR) is 148 cm³/mol. The Kier molecular flexibility index (Phi) is 11.8. The molecule has 0 saturated carbocycles. The van der Waals surface area contributed by atoms with Gasteiger partial charge in [0.05, 0.1) is 0 Å². The van der Waals surface area contributed by atoms with Gasteiger partial charge in [0.1, 0.15) is 17.1 Å². The number of phenols is 1. The van der Waals surface area contributed by atoms with Crippen molar-refractivity contribution in [2.75, 3.05) is 0 Å². The molecule has 1 aromatic carbocycles. The van der Waals surface area contributed by atoms with E-state index in [-0.39, 0.29) is 5.60 Å². The molecule has 0 aliphatic carbocycles. The zero-order valence-corrected chi connectivity index (χ0v) is 24.0. The van der Waals surface area contributed by atoms with Crippen molar-refractivity contribution >= 4 is 0 Å². The van der Waals surface area contributed by atoms with Crippen molar-refractivity contribution in [1.82, 2.24) is 0 Å². The predicted octanol–water partition coefficient (Wildman–Crippen LogP) is 9.60. The van der Waals surface area contributed by atoms with Crippen LogP contribution in [0.3, 0.4) is 0 Å². The molecule has 0 aromatic heterocycles. The molecular weight excluding hydrogens is 416 g/mol. The van der Waals surface area contributed by atoms with Gasteiger partial charge in [0.2, 0.25) is 0 Å². The van der Waals surface area contributed by atoms with Gasteiger partial charge in [-0.05, 0) is 69.6 Å². The molecule has 3 atom stereocenters. The van der Waals surface area contributed by atoms with Crippen molar-refractivity contribution in [2.45, 2.75) is 151 Å². The summed E-state index contributed by atoms with van der Waals surface area (Å²) in [4.78, 5) is 0. The van der Waals surface area contributed by atoms with Gasteiger partial charge in [0, 0.05) is 22.3 Å². The first-order chi connectivity index (χ1) is 16.2. The van der Waals surface area contributed by atoms with Gasteiger partial charge in [-0.25, -0.2) is 0 Å². The number of benzene rings is 1. The van der Waals surface area contributed by atoms with E-state index in [2.05, 4.69) is 55.4 Å². The van der Waals surface area contributed by atoms with Gasteiger partial charge in [-0.15, -0.1) is 0 Å². The molecule has 0 saturated heterocycles. The average Bonchev–Trinajstić information content (AvgIpc) is 2.78. The van der Waals surface area contributed by atoms with E-state index in [1.807, 2.05) is 0 Å². The Balaban J connectivity index is 1.86. The number of fused-ring (bicyclic) bond motifs is 1. The lowest BCUT2D eigenvalue weighted by Gasteiger charge is -2.39. The zero-order valence-electron chi connectivity index (χ0n) is 24.0. The first-order valence-electron chi connectivity index (χ1n) is 14.7. The topological polar surface area (TPSA) is 29.5 Å². The molecule has 1 heterocycles. The van der Waals surface area contributed by atoms with Gasteiger partial charge >= 0.3 is 0 Å². The molecule has 2 nitrogen and oxygen atoms in total. The van der Waals surface area contributed by atoms with Gasteiger partial charge in [0.15, 0.2) is 0 Å². The highest BCUT2D eigenvalue weighted by molar-refractivity contribution is 5.60. The van der Waals surface area contributed by atoms with Gasteiger partial charge in [0.25, 0.3) is 0 Å². The molecule has 0 fully saturated rings. The highest BCUT2D eigenvalue weighted by atomic mass is 16.5. The highest BCUT2D eigenvalue weighted by Gasteiger charge is 2.35. The number of hydrogen-bond acceptors (Lipinski definition) is 2. The molecule has 2 rings (SSSR count). The van der Waals surface area contributed by atoms with Crippen molar-refractivity contribution in [3.05, 3.63) is 22.3 Å². The fraction of sp³-hybridized carbons (Fsp3) is 0.812. The molecule has 34 heavy (non-hydrogen) atoms. The van der Waals surface area contributed by atoms with E-state index in [9.17, 15) is 5.11 Å². The summed E-state index contributed by atoms with van der Waals surface area (Å²) in [5.74, 6) is 4.19. The van der Waals surface area contributed by atoms with Gasteiger partial charge in [-0.2, -0.15) is 0 Å². The van der Waals surface area contributed by atoms with Crippen LogP contribution in [0.15, 0.2) is 0 Å². The third-order valence-corrected chi connectivity index (χ3v) is 8.44. The van der Waals surface area contributed by atoms with Crippen LogP contribution >= 0.6 is 0 Å². The summed E-state index contributed by atoms with van der Waals surface area (Å²) in [6.07, 6.45) is 16.8. The van der Waals surface area contributed by atoms with Gasteiger partial charge in [-0.1, -0.05) is 93.4 Å². The summed E-state index contributed by atoms with van der Waals surface area (Å²) in [6, 6.07) is 0. The third kappa shape index (κ3) is 7.92. The van der Waals surface area contributed by atoms with Crippen molar-refractivity contribution in [3.8, 4) is 11.5 Å². The van der Waals surface area contributed by atoms with Crippen LogP contribution in [0.1, 0.15) is 142 Å². The molecule has 0 bridgehead atoms. The van der Waals surface area contributed by atoms with E-state index in [0.29, 0.717) is 5.75 Å². The Bertz CT molecular complexity index is 725. The Morgan fingerprint density at radius 2 is 1.29 bits per heavy atom. The summed E-state index contributed by atoms with van der Waals surface area (Å²) < 4.78 is 6.82. The zero-order chi connectivity index (χ0) is 25.3. The van der Waals surface area contributed by atoms with Gasteiger partial charge in [-0.3, -0.25) is 0 Å². The van der Waals surface area contributed by atoms with Crippen molar-refractivity contribution in [3.63, 3.8) is 0 Å². The fourth-order valence-electron chi connectivity index (χ4n) is 6.11. The maximum atomic E-state index is 10.9. The smallest absolute Gasteiger partial charge is 0.127 e. The normalized spacial score (nSPS) is 19.7. The minimum atomic E-state index is -0.0748. The Hall–Kier alpha value is -1.18. The van der Waals surface area contributed by atoms with Crippen LogP contribution in [-0.4, -0.2) is 10.7 Å². The van der Waals surface area contributed by atoms with Crippen molar-refractivity contribution < 1.29 is 9.84 Å². The van der Waals surface area contributed by atoms with Crippen LogP contribution in [0, 0.1) is 17.8 Å². The Labute approximate surface area is 212 Å². The molecule has 1 aromatic rings. The first kappa shape index (κ1) is 29.1. The second-order valence-electron chi connectivity index (χ2n) is 12.1. The van der Waals surface area contributed by atoms with Crippen LogP contribution in [0.4, 0.5) is 0 Å². The quantitative estimate of drug-likeness (QED) is 0.275. The van der Waals surface area contributed by atoms with Crippen LogP contribution in [0.25, 0.3) is 0 Å². The van der Waals surface area contributed by atoms with Crippen LogP contribution < -0.4 is 4.74 Å². The second-order valence-corrected chi connectivity index (χ2v) is 12.1. The fourth-order valence-corrected chi connectivity index (χ4v) is 6.11. The number of aromatic hydroxyl groups is 1. The van der Waals surface area contributed by atoms with Crippen LogP contribution in [-0.2, 0) is 25.7 Å². The summed E-state index contributed by atoms with van der Waals surface area (Å²) in [6.45, 7) is 18.4. The number of rotatable bonds is 15. The lowest BCUT2D eigenvalue weighted by atomic mass is 9.82. The van der Waals surface area contributed by atoms with E-state index in [1.54, 1.807) is 0 Å². The highest BCUT2D eigenvalue weighted by Crippen LogP contribution is 2.46. The van der Waals surface area contributed by atoms with Crippen LogP contribution in [0.5, 0.6) is 11.5 Å². The second kappa shape index (κ2) is 13.8. The number of hydrogen-bond donors (Lipinski definition) is 1. The maximum absolute atomic E-state index is 10.9. The SMILES string of the molecule is CCc1c(O)c(CC)c2c(c1CC)OC(C)(CCCC(C)CCCC(C)CCCC(C)C)CC2. The number of phenolic OH excluding ortho intramolecular Hbond substituents is 1. The molecule has 1 aliphatic rings. The number of ether oxygens (including phenoxy) is 1.